The third-order valence-electron chi connectivity index (χ3n) is 4.11. The van der Waals surface area contributed by atoms with E-state index < -0.39 is 0 Å². The van der Waals surface area contributed by atoms with E-state index in [2.05, 4.69) is 17.0 Å². The molecule has 1 fully saturated rings. The summed E-state index contributed by atoms with van der Waals surface area (Å²) < 4.78 is 5.21. The van der Waals surface area contributed by atoms with Gasteiger partial charge in [0.2, 0.25) is 5.91 Å². The van der Waals surface area contributed by atoms with Gasteiger partial charge in [0, 0.05) is 45.2 Å². The van der Waals surface area contributed by atoms with Crippen molar-refractivity contribution in [2.45, 2.75) is 25.9 Å². The highest BCUT2D eigenvalue weighted by Crippen LogP contribution is 2.26. The number of hydrogen-bond acceptors (Lipinski definition) is 4. The molecule has 21 heavy (non-hydrogen) atoms. The topological polar surface area (TPSA) is 58.8 Å². The number of hydrogen-bond donors (Lipinski definition) is 1. The summed E-state index contributed by atoms with van der Waals surface area (Å²) in [5.41, 5.74) is 7.41. The van der Waals surface area contributed by atoms with E-state index in [-0.39, 0.29) is 18.0 Å². The SMILES string of the molecule is COc1ccc(C(C(C)N)N2CCN(C(C)=O)CC2)cc1. The van der Waals surface area contributed by atoms with Crippen LogP contribution in [0.1, 0.15) is 25.5 Å². The fourth-order valence-corrected chi connectivity index (χ4v) is 2.96. The van der Waals surface area contributed by atoms with Crippen LogP contribution in [0.25, 0.3) is 0 Å². The second-order valence-electron chi connectivity index (χ2n) is 5.62. The lowest BCUT2D eigenvalue weighted by Gasteiger charge is -2.40. The zero-order valence-electron chi connectivity index (χ0n) is 13.1. The molecule has 0 spiro atoms. The molecule has 1 aliphatic rings. The maximum absolute atomic E-state index is 11.4. The molecule has 1 heterocycles. The first-order chi connectivity index (χ1) is 10.0. The second kappa shape index (κ2) is 6.91. The van der Waals surface area contributed by atoms with Gasteiger partial charge in [-0.2, -0.15) is 0 Å². The van der Waals surface area contributed by atoms with Crippen molar-refractivity contribution in [1.82, 2.24) is 9.80 Å². The number of carbonyl (C=O) groups is 1. The van der Waals surface area contributed by atoms with Crippen LogP contribution in [0.5, 0.6) is 5.75 Å². The van der Waals surface area contributed by atoms with Gasteiger partial charge >= 0.3 is 0 Å². The van der Waals surface area contributed by atoms with Crippen LogP contribution in [0.3, 0.4) is 0 Å². The van der Waals surface area contributed by atoms with Gasteiger partial charge in [0.25, 0.3) is 0 Å². The van der Waals surface area contributed by atoms with E-state index in [9.17, 15) is 4.79 Å². The molecule has 1 amide bonds. The average molecular weight is 291 g/mol. The summed E-state index contributed by atoms with van der Waals surface area (Å²) in [5.74, 6) is 1.00. The van der Waals surface area contributed by atoms with Crippen LogP contribution < -0.4 is 10.5 Å². The fraction of sp³-hybridized carbons (Fsp3) is 0.562. The average Bonchev–Trinajstić information content (AvgIpc) is 2.48. The Morgan fingerprint density at radius 2 is 1.76 bits per heavy atom. The molecule has 0 aliphatic carbocycles. The molecule has 1 saturated heterocycles. The van der Waals surface area contributed by atoms with Gasteiger partial charge in [-0.1, -0.05) is 12.1 Å². The summed E-state index contributed by atoms with van der Waals surface area (Å²) in [4.78, 5) is 15.7. The lowest BCUT2D eigenvalue weighted by molar-refractivity contribution is -0.130. The molecule has 0 aromatic heterocycles. The van der Waals surface area contributed by atoms with Crippen LogP contribution in [-0.4, -0.2) is 55.0 Å². The molecular formula is C16H25N3O2. The van der Waals surface area contributed by atoms with Crippen molar-refractivity contribution in [1.29, 1.82) is 0 Å². The Kier molecular flexibility index (Phi) is 5.20. The summed E-state index contributed by atoms with van der Waals surface area (Å²) in [5, 5.41) is 0. The van der Waals surface area contributed by atoms with Crippen molar-refractivity contribution in [3.05, 3.63) is 29.8 Å². The molecule has 2 N–H and O–H groups in total. The highest BCUT2D eigenvalue weighted by atomic mass is 16.5. The van der Waals surface area contributed by atoms with Crippen LogP contribution in [-0.2, 0) is 4.79 Å². The number of rotatable bonds is 4. The Morgan fingerprint density at radius 1 is 1.19 bits per heavy atom. The molecule has 1 aromatic carbocycles. The van der Waals surface area contributed by atoms with Gasteiger partial charge < -0.3 is 15.4 Å². The number of benzene rings is 1. The number of methoxy groups -OCH3 is 1. The van der Waals surface area contributed by atoms with E-state index >= 15 is 0 Å². The standard InChI is InChI=1S/C16H25N3O2/c1-12(17)16(14-4-6-15(21-3)7-5-14)19-10-8-18(9-11-19)13(2)20/h4-7,12,16H,8-11,17H2,1-3H3. The van der Waals surface area contributed by atoms with Gasteiger partial charge in [-0.3, -0.25) is 9.69 Å². The summed E-state index contributed by atoms with van der Waals surface area (Å²) >= 11 is 0. The van der Waals surface area contributed by atoms with Crippen molar-refractivity contribution < 1.29 is 9.53 Å². The first-order valence-electron chi connectivity index (χ1n) is 7.42. The number of piperazine rings is 1. The van der Waals surface area contributed by atoms with Gasteiger partial charge in [0.15, 0.2) is 0 Å². The molecule has 116 valence electrons. The lowest BCUT2D eigenvalue weighted by atomic mass is 9.98. The Bertz CT molecular complexity index is 465. The minimum atomic E-state index is 0.0299. The molecule has 0 bridgehead atoms. The van der Waals surface area contributed by atoms with Gasteiger partial charge in [-0.25, -0.2) is 0 Å². The Morgan fingerprint density at radius 3 is 2.19 bits per heavy atom. The fourth-order valence-electron chi connectivity index (χ4n) is 2.96. The first-order valence-corrected chi connectivity index (χ1v) is 7.42. The van der Waals surface area contributed by atoms with E-state index in [0.29, 0.717) is 0 Å². The van der Waals surface area contributed by atoms with Gasteiger partial charge in [0.05, 0.1) is 7.11 Å². The predicted molar refractivity (Wildman–Crippen MR) is 83.2 cm³/mol. The van der Waals surface area contributed by atoms with E-state index in [4.69, 9.17) is 10.5 Å². The summed E-state index contributed by atoms with van der Waals surface area (Å²) in [6.45, 7) is 6.92. The Labute approximate surface area is 126 Å². The van der Waals surface area contributed by atoms with Gasteiger partial charge in [-0.05, 0) is 24.6 Å². The van der Waals surface area contributed by atoms with E-state index in [0.717, 1.165) is 31.9 Å². The summed E-state index contributed by atoms with van der Waals surface area (Å²) in [7, 11) is 1.67. The molecule has 5 heteroatoms. The molecule has 2 atom stereocenters. The van der Waals surface area contributed by atoms with Crippen LogP contribution in [0.15, 0.2) is 24.3 Å². The minimum absolute atomic E-state index is 0.0299. The molecule has 0 saturated carbocycles. The third kappa shape index (κ3) is 3.74. The summed E-state index contributed by atoms with van der Waals surface area (Å²) in [6.07, 6.45) is 0. The minimum Gasteiger partial charge on any atom is -0.497 e. The Balaban J connectivity index is 2.10. The molecule has 5 nitrogen and oxygen atoms in total. The summed E-state index contributed by atoms with van der Waals surface area (Å²) in [6, 6.07) is 8.29. The highest BCUT2D eigenvalue weighted by Gasteiger charge is 2.28. The number of amides is 1. The number of nitrogens with two attached hydrogens (primary N) is 1. The van der Waals surface area contributed by atoms with Crippen molar-refractivity contribution in [3.63, 3.8) is 0 Å². The van der Waals surface area contributed by atoms with Crippen LogP contribution in [0.4, 0.5) is 0 Å². The smallest absolute Gasteiger partial charge is 0.219 e. The van der Waals surface area contributed by atoms with Crippen LogP contribution >= 0.6 is 0 Å². The van der Waals surface area contributed by atoms with Crippen molar-refractivity contribution in [3.8, 4) is 5.75 Å². The van der Waals surface area contributed by atoms with Crippen molar-refractivity contribution in [2.75, 3.05) is 33.3 Å². The van der Waals surface area contributed by atoms with Crippen molar-refractivity contribution >= 4 is 5.91 Å². The van der Waals surface area contributed by atoms with E-state index in [1.54, 1.807) is 14.0 Å². The predicted octanol–water partition coefficient (Wildman–Crippen LogP) is 1.25. The first kappa shape index (κ1) is 15.8. The third-order valence-corrected chi connectivity index (χ3v) is 4.11. The second-order valence-corrected chi connectivity index (χ2v) is 5.62. The molecule has 2 unspecified atom stereocenters. The zero-order chi connectivity index (χ0) is 15.4. The van der Waals surface area contributed by atoms with E-state index in [1.807, 2.05) is 24.0 Å². The number of nitrogens with zero attached hydrogens (tertiary/aromatic N) is 2. The van der Waals surface area contributed by atoms with Crippen molar-refractivity contribution in [2.24, 2.45) is 5.73 Å². The number of ether oxygens (including phenoxy) is 1. The number of carbonyl (C=O) groups excluding carboxylic acids is 1. The normalized spacial score (nSPS) is 19.1. The molecule has 0 radical (unpaired) electrons. The monoisotopic (exact) mass is 291 g/mol. The molecular weight excluding hydrogens is 266 g/mol. The van der Waals surface area contributed by atoms with E-state index in [1.165, 1.54) is 5.56 Å². The zero-order valence-corrected chi connectivity index (χ0v) is 13.1. The quantitative estimate of drug-likeness (QED) is 0.907. The highest BCUT2D eigenvalue weighted by molar-refractivity contribution is 5.73. The van der Waals surface area contributed by atoms with Gasteiger partial charge in [0.1, 0.15) is 5.75 Å². The lowest BCUT2D eigenvalue weighted by Crippen LogP contribution is -2.51. The molecule has 1 aliphatic heterocycles. The maximum atomic E-state index is 11.4. The maximum Gasteiger partial charge on any atom is 0.219 e. The Hall–Kier alpha value is -1.59. The van der Waals surface area contributed by atoms with Crippen LogP contribution in [0, 0.1) is 0 Å². The van der Waals surface area contributed by atoms with Gasteiger partial charge in [-0.15, -0.1) is 0 Å². The van der Waals surface area contributed by atoms with Crippen LogP contribution in [0.2, 0.25) is 0 Å². The molecule has 2 rings (SSSR count). The largest absolute Gasteiger partial charge is 0.497 e. The molecule has 1 aromatic rings.